The maximum absolute atomic E-state index is 12.3. The van der Waals surface area contributed by atoms with Gasteiger partial charge in [0.05, 0.1) is 18.0 Å². The lowest BCUT2D eigenvalue weighted by Gasteiger charge is -2.13. The van der Waals surface area contributed by atoms with Crippen molar-refractivity contribution in [1.82, 2.24) is 0 Å². The molecule has 4 nitrogen and oxygen atoms in total. The minimum absolute atomic E-state index is 0.0914. The van der Waals surface area contributed by atoms with Crippen molar-refractivity contribution in [2.45, 2.75) is 26.4 Å². The van der Waals surface area contributed by atoms with Crippen LogP contribution in [0.4, 0.5) is 0 Å². The van der Waals surface area contributed by atoms with Crippen molar-refractivity contribution in [3.63, 3.8) is 0 Å². The van der Waals surface area contributed by atoms with Crippen LogP contribution < -0.4 is 4.74 Å². The summed E-state index contributed by atoms with van der Waals surface area (Å²) in [5.41, 5.74) is 2.39. The van der Waals surface area contributed by atoms with E-state index in [1.54, 1.807) is 44.4 Å². The van der Waals surface area contributed by atoms with Crippen LogP contribution in [0.1, 0.15) is 28.4 Å². The van der Waals surface area contributed by atoms with Crippen molar-refractivity contribution in [1.29, 1.82) is 0 Å². The average Bonchev–Trinajstić information content (AvgIpc) is 2.55. The highest BCUT2D eigenvalue weighted by atomic mass is 79.9. The first-order valence-electron chi connectivity index (χ1n) is 7.53. The Morgan fingerprint density at radius 3 is 2.38 bits per heavy atom. The number of ether oxygens (including phenoxy) is 2. The molecule has 0 N–H and O–H groups in total. The standard InChI is InChI=1S/C19H19BrO4/c1-12-4-7-15(8-5-12)19(22)13(2)24-18(21)11-14-6-9-17(23-3)16(20)10-14/h4-10,13H,11H2,1-3H3/t13-/m0/s1. The maximum Gasteiger partial charge on any atom is 0.310 e. The molecule has 0 unspecified atom stereocenters. The number of Topliss-reactive ketones (excluding diaryl/α,β-unsaturated/α-hetero) is 1. The first kappa shape index (κ1) is 18.2. The van der Waals surface area contributed by atoms with E-state index in [1.165, 1.54) is 0 Å². The predicted octanol–water partition coefficient (Wildman–Crippen LogP) is 4.12. The smallest absolute Gasteiger partial charge is 0.310 e. The first-order chi connectivity index (χ1) is 11.4. The monoisotopic (exact) mass is 390 g/mol. The Morgan fingerprint density at radius 1 is 1.12 bits per heavy atom. The number of rotatable bonds is 6. The Morgan fingerprint density at radius 2 is 1.79 bits per heavy atom. The third-order valence-electron chi connectivity index (χ3n) is 3.58. The number of esters is 1. The van der Waals surface area contributed by atoms with Crippen LogP contribution in [0.25, 0.3) is 0 Å². The molecule has 24 heavy (non-hydrogen) atoms. The zero-order valence-electron chi connectivity index (χ0n) is 13.8. The lowest BCUT2D eigenvalue weighted by molar-refractivity contribution is -0.145. The number of carbonyl (C=O) groups is 2. The molecule has 5 heteroatoms. The van der Waals surface area contributed by atoms with E-state index in [0.29, 0.717) is 11.3 Å². The summed E-state index contributed by atoms with van der Waals surface area (Å²) in [6.45, 7) is 3.54. The van der Waals surface area contributed by atoms with E-state index in [1.807, 2.05) is 19.1 Å². The number of aryl methyl sites for hydroxylation is 1. The highest BCUT2D eigenvalue weighted by Gasteiger charge is 2.19. The molecule has 1 atom stereocenters. The van der Waals surface area contributed by atoms with E-state index >= 15 is 0 Å². The summed E-state index contributed by atoms with van der Waals surface area (Å²) in [5, 5.41) is 0. The largest absolute Gasteiger partial charge is 0.496 e. The summed E-state index contributed by atoms with van der Waals surface area (Å²) in [5.74, 6) is 0.0364. The van der Waals surface area contributed by atoms with Gasteiger partial charge < -0.3 is 9.47 Å². The van der Waals surface area contributed by atoms with Gasteiger partial charge in [0.1, 0.15) is 5.75 Å². The molecule has 0 aromatic heterocycles. The zero-order chi connectivity index (χ0) is 17.7. The molecule has 0 bridgehead atoms. The maximum atomic E-state index is 12.3. The molecule has 0 aliphatic carbocycles. The van der Waals surface area contributed by atoms with E-state index in [0.717, 1.165) is 15.6 Å². The summed E-state index contributed by atoms with van der Waals surface area (Å²) in [4.78, 5) is 24.3. The molecule has 126 valence electrons. The number of halogens is 1. The second-order valence-corrected chi connectivity index (χ2v) is 6.36. The van der Waals surface area contributed by atoms with Crippen LogP contribution in [-0.2, 0) is 16.0 Å². The van der Waals surface area contributed by atoms with Gasteiger partial charge in [-0.15, -0.1) is 0 Å². The molecule has 0 heterocycles. The highest BCUT2D eigenvalue weighted by Crippen LogP contribution is 2.25. The van der Waals surface area contributed by atoms with Crippen LogP contribution in [-0.4, -0.2) is 25.0 Å². The van der Waals surface area contributed by atoms with Crippen LogP contribution in [0.2, 0.25) is 0 Å². The molecule has 0 spiro atoms. The number of carbonyl (C=O) groups excluding carboxylic acids is 2. The van der Waals surface area contributed by atoms with Crippen molar-refractivity contribution < 1.29 is 19.1 Å². The van der Waals surface area contributed by atoms with Gasteiger partial charge in [0.2, 0.25) is 5.78 Å². The second-order valence-electron chi connectivity index (χ2n) is 5.51. The van der Waals surface area contributed by atoms with E-state index in [9.17, 15) is 9.59 Å². The third kappa shape index (κ3) is 4.68. The van der Waals surface area contributed by atoms with Crippen LogP contribution >= 0.6 is 15.9 Å². The summed E-state index contributed by atoms with van der Waals surface area (Å²) in [7, 11) is 1.58. The SMILES string of the molecule is COc1ccc(CC(=O)O[C@@H](C)C(=O)c2ccc(C)cc2)cc1Br. The van der Waals surface area contributed by atoms with Gasteiger partial charge in [-0.25, -0.2) is 0 Å². The average molecular weight is 391 g/mol. The fourth-order valence-corrected chi connectivity index (χ4v) is 2.82. The van der Waals surface area contributed by atoms with Gasteiger partial charge in [0, 0.05) is 5.56 Å². The van der Waals surface area contributed by atoms with Gasteiger partial charge in [0.15, 0.2) is 6.10 Å². The molecule has 0 radical (unpaired) electrons. The van der Waals surface area contributed by atoms with Gasteiger partial charge in [0.25, 0.3) is 0 Å². The molecule has 2 aromatic carbocycles. The fraction of sp³-hybridized carbons (Fsp3) is 0.263. The van der Waals surface area contributed by atoms with E-state index in [2.05, 4.69) is 15.9 Å². The lowest BCUT2D eigenvalue weighted by atomic mass is 10.1. The summed E-state index contributed by atoms with van der Waals surface area (Å²) >= 11 is 3.38. The first-order valence-corrected chi connectivity index (χ1v) is 8.32. The second kappa shape index (κ2) is 8.11. The number of hydrogen-bond acceptors (Lipinski definition) is 4. The number of hydrogen-bond donors (Lipinski definition) is 0. The minimum Gasteiger partial charge on any atom is -0.496 e. The number of benzene rings is 2. The molecule has 0 aliphatic rings. The van der Waals surface area contributed by atoms with Gasteiger partial charge >= 0.3 is 5.97 Å². The summed E-state index contributed by atoms with van der Waals surface area (Å²) in [6, 6.07) is 12.6. The van der Waals surface area contributed by atoms with Crippen LogP contribution in [0.5, 0.6) is 5.75 Å². The van der Waals surface area contributed by atoms with Crippen LogP contribution in [0.15, 0.2) is 46.9 Å². The Hall–Kier alpha value is -2.14. The predicted molar refractivity (Wildman–Crippen MR) is 95.5 cm³/mol. The van der Waals surface area contributed by atoms with E-state index in [-0.39, 0.29) is 12.2 Å². The quantitative estimate of drug-likeness (QED) is 0.549. The van der Waals surface area contributed by atoms with E-state index in [4.69, 9.17) is 9.47 Å². The lowest BCUT2D eigenvalue weighted by Crippen LogP contribution is -2.25. The molecular formula is C19H19BrO4. The highest BCUT2D eigenvalue weighted by molar-refractivity contribution is 9.10. The molecule has 2 rings (SSSR count). The minimum atomic E-state index is -0.818. The molecule has 2 aromatic rings. The molecule has 0 aliphatic heterocycles. The van der Waals surface area contributed by atoms with Crippen LogP contribution in [0, 0.1) is 6.92 Å². The molecule has 0 fully saturated rings. The molecule has 0 amide bonds. The van der Waals surface area contributed by atoms with Crippen molar-refractivity contribution in [3.8, 4) is 5.75 Å². The number of methoxy groups -OCH3 is 1. The van der Waals surface area contributed by atoms with Crippen molar-refractivity contribution in [2.24, 2.45) is 0 Å². The Labute approximate surface area is 149 Å². The number of ketones is 1. The van der Waals surface area contributed by atoms with E-state index < -0.39 is 12.1 Å². The Kier molecular flexibility index (Phi) is 6.15. The molecular weight excluding hydrogens is 372 g/mol. The van der Waals surface area contributed by atoms with Crippen molar-refractivity contribution in [3.05, 3.63) is 63.6 Å². The summed E-state index contributed by atoms with van der Waals surface area (Å²) < 4.78 is 11.2. The van der Waals surface area contributed by atoms with Gasteiger partial charge in [-0.3, -0.25) is 9.59 Å². The van der Waals surface area contributed by atoms with Crippen molar-refractivity contribution >= 4 is 27.7 Å². The fourth-order valence-electron chi connectivity index (χ4n) is 2.23. The van der Waals surface area contributed by atoms with Crippen molar-refractivity contribution in [2.75, 3.05) is 7.11 Å². The third-order valence-corrected chi connectivity index (χ3v) is 4.20. The van der Waals surface area contributed by atoms with Gasteiger partial charge in [-0.05, 0) is 47.5 Å². The normalized spacial score (nSPS) is 11.7. The zero-order valence-corrected chi connectivity index (χ0v) is 15.4. The molecule has 0 saturated carbocycles. The van der Waals surface area contributed by atoms with Crippen LogP contribution in [0.3, 0.4) is 0 Å². The summed E-state index contributed by atoms with van der Waals surface area (Å²) in [6.07, 6.45) is -0.726. The van der Waals surface area contributed by atoms with Gasteiger partial charge in [-0.2, -0.15) is 0 Å². The Bertz CT molecular complexity index is 738. The molecule has 0 saturated heterocycles. The Balaban J connectivity index is 1.97. The topological polar surface area (TPSA) is 52.6 Å². The van der Waals surface area contributed by atoms with Gasteiger partial charge in [-0.1, -0.05) is 35.9 Å².